The summed E-state index contributed by atoms with van der Waals surface area (Å²) in [5.74, 6) is 0.293. The molecule has 7 heteroatoms. The van der Waals surface area contributed by atoms with Crippen LogP contribution in [0.3, 0.4) is 0 Å². The maximum Gasteiger partial charge on any atom is 0.255 e. The minimum absolute atomic E-state index is 0.00661. The Balaban J connectivity index is 1.77. The summed E-state index contributed by atoms with van der Waals surface area (Å²) in [5.41, 5.74) is 1.44. The summed E-state index contributed by atoms with van der Waals surface area (Å²) in [6.07, 6.45) is 4.08. The van der Waals surface area contributed by atoms with E-state index in [4.69, 9.17) is 0 Å². The highest BCUT2D eigenvalue weighted by Crippen LogP contribution is 2.21. The topological polar surface area (TPSA) is 87.7 Å². The van der Waals surface area contributed by atoms with Gasteiger partial charge in [-0.05, 0) is 36.9 Å². The minimum atomic E-state index is -0.288. The predicted octanol–water partition coefficient (Wildman–Crippen LogP) is 3.01. The van der Waals surface area contributed by atoms with E-state index >= 15 is 0 Å². The number of H-pyrrole nitrogens is 1. The fraction of sp³-hybridized carbons (Fsp3) is 0.263. The van der Waals surface area contributed by atoms with Crippen molar-refractivity contribution >= 4 is 17.2 Å². The number of nitrogens with zero attached hydrogens (tertiary/aromatic N) is 2. The molecule has 6 nitrogen and oxygen atoms in total. The maximum atomic E-state index is 12.5. The molecule has 0 unspecified atom stereocenters. The molecule has 0 fully saturated rings. The van der Waals surface area contributed by atoms with Crippen molar-refractivity contribution in [1.82, 2.24) is 20.3 Å². The molecule has 3 rings (SSSR count). The molecule has 1 amide bonds. The largest absolute Gasteiger partial charge is 0.348 e. The van der Waals surface area contributed by atoms with Crippen LogP contribution >= 0.6 is 11.3 Å². The number of nitrogens with one attached hydrogen (secondary N) is 2. The molecule has 134 valence electrons. The highest BCUT2D eigenvalue weighted by Gasteiger charge is 2.17. The van der Waals surface area contributed by atoms with E-state index in [1.807, 2.05) is 24.4 Å². The Morgan fingerprint density at radius 2 is 2.08 bits per heavy atom. The summed E-state index contributed by atoms with van der Waals surface area (Å²) in [7, 11) is 0. The van der Waals surface area contributed by atoms with Gasteiger partial charge >= 0.3 is 0 Å². The van der Waals surface area contributed by atoms with Crippen LogP contribution in [0.1, 0.15) is 35.5 Å². The minimum Gasteiger partial charge on any atom is -0.348 e. The van der Waals surface area contributed by atoms with Crippen molar-refractivity contribution in [3.05, 3.63) is 68.5 Å². The second kappa shape index (κ2) is 8.05. The third kappa shape index (κ3) is 4.05. The van der Waals surface area contributed by atoms with Gasteiger partial charge in [-0.15, -0.1) is 11.3 Å². The fourth-order valence-electron chi connectivity index (χ4n) is 2.73. The van der Waals surface area contributed by atoms with E-state index in [1.165, 1.54) is 0 Å². The fourth-order valence-corrected chi connectivity index (χ4v) is 3.60. The molecule has 0 aliphatic rings. The first-order valence-corrected chi connectivity index (χ1v) is 9.29. The number of aromatic amines is 1. The molecule has 0 aromatic carbocycles. The lowest BCUT2D eigenvalue weighted by molar-refractivity contribution is -0.121. The molecule has 0 aliphatic heterocycles. The molecule has 2 N–H and O–H groups in total. The summed E-state index contributed by atoms with van der Waals surface area (Å²) in [6.45, 7) is 3.77. The predicted molar refractivity (Wildman–Crippen MR) is 102 cm³/mol. The summed E-state index contributed by atoms with van der Waals surface area (Å²) in [5, 5.41) is 4.99. The Morgan fingerprint density at radius 3 is 2.69 bits per heavy atom. The Morgan fingerprint density at radius 1 is 1.31 bits per heavy atom. The van der Waals surface area contributed by atoms with Gasteiger partial charge in [0.05, 0.1) is 12.5 Å². The average molecular weight is 368 g/mol. The van der Waals surface area contributed by atoms with Gasteiger partial charge in [0, 0.05) is 34.1 Å². The van der Waals surface area contributed by atoms with Gasteiger partial charge in [-0.2, -0.15) is 0 Å². The van der Waals surface area contributed by atoms with Crippen molar-refractivity contribution in [2.24, 2.45) is 0 Å². The lowest BCUT2D eigenvalue weighted by Crippen LogP contribution is -2.31. The molecule has 3 heterocycles. The number of pyridine rings is 1. The lowest BCUT2D eigenvalue weighted by Gasteiger charge is -2.15. The quantitative estimate of drug-likeness (QED) is 0.700. The molecule has 3 aromatic heterocycles. The van der Waals surface area contributed by atoms with Crippen molar-refractivity contribution in [2.45, 2.75) is 32.7 Å². The van der Waals surface area contributed by atoms with Gasteiger partial charge in [0.25, 0.3) is 5.56 Å². The lowest BCUT2D eigenvalue weighted by atomic mass is 10.1. The molecular formula is C19H20N4O2S. The van der Waals surface area contributed by atoms with Gasteiger partial charge in [0.2, 0.25) is 5.91 Å². The molecule has 26 heavy (non-hydrogen) atoms. The molecule has 0 saturated carbocycles. The number of carbonyl (C=O) groups is 1. The summed E-state index contributed by atoms with van der Waals surface area (Å²) in [4.78, 5) is 37.2. The molecular weight excluding hydrogens is 348 g/mol. The Bertz CT molecular complexity index is 936. The first-order valence-electron chi connectivity index (χ1n) is 8.41. The molecule has 0 aliphatic carbocycles. The SMILES string of the molecule is CC[C@H](NC(=O)Cc1c(C)nc(-c2ccncc2)[nH]c1=O)c1cccs1. The molecule has 1 atom stereocenters. The van der Waals surface area contributed by atoms with Crippen molar-refractivity contribution in [1.29, 1.82) is 0 Å². The van der Waals surface area contributed by atoms with Gasteiger partial charge in [-0.3, -0.25) is 14.6 Å². The van der Waals surface area contributed by atoms with Crippen LogP contribution in [-0.4, -0.2) is 20.9 Å². The van der Waals surface area contributed by atoms with E-state index in [9.17, 15) is 9.59 Å². The Labute approximate surface area is 155 Å². The van der Waals surface area contributed by atoms with Crippen molar-refractivity contribution in [3.8, 4) is 11.4 Å². The first kappa shape index (κ1) is 18.0. The standard InChI is InChI=1S/C19H20N4O2S/c1-3-15(16-5-4-10-26-16)22-17(24)11-14-12(2)21-18(23-19(14)25)13-6-8-20-9-7-13/h4-10,15H,3,11H2,1-2H3,(H,22,24)(H,21,23,25)/t15-/m0/s1. The van der Waals surface area contributed by atoms with Crippen LogP contribution in [0, 0.1) is 6.92 Å². The second-order valence-electron chi connectivity index (χ2n) is 5.93. The van der Waals surface area contributed by atoms with Gasteiger partial charge in [0.1, 0.15) is 5.82 Å². The maximum absolute atomic E-state index is 12.5. The first-order chi connectivity index (χ1) is 12.6. The van der Waals surface area contributed by atoms with E-state index in [-0.39, 0.29) is 23.9 Å². The van der Waals surface area contributed by atoms with Crippen LogP contribution in [0.15, 0.2) is 46.8 Å². The zero-order valence-electron chi connectivity index (χ0n) is 14.7. The van der Waals surface area contributed by atoms with Crippen LogP contribution in [0.2, 0.25) is 0 Å². The van der Waals surface area contributed by atoms with E-state index in [0.29, 0.717) is 17.1 Å². The smallest absolute Gasteiger partial charge is 0.255 e. The Kier molecular flexibility index (Phi) is 5.58. The molecule has 0 spiro atoms. The van der Waals surface area contributed by atoms with Gasteiger partial charge in [-0.25, -0.2) is 4.98 Å². The van der Waals surface area contributed by atoms with Crippen LogP contribution in [0.25, 0.3) is 11.4 Å². The number of amides is 1. The number of hydrogen-bond donors (Lipinski definition) is 2. The number of hydrogen-bond acceptors (Lipinski definition) is 5. The third-order valence-electron chi connectivity index (χ3n) is 4.14. The number of rotatable bonds is 6. The normalized spacial score (nSPS) is 11.9. The van der Waals surface area contributed by atoms with E-state index in [0.717, 1.165) is 16.9 Å². The van der Waals surface area contributed by atoms with Gasteiger partial charge in [-0.1, -0.05) is 13.0 Å². The highest BCUT2D eigenvalue weighted by atomic mass is 32.1. The van der Waals surface area contributed by atoms with Gasteiger partial charge in [0.15, 0.2) is 0 Å². The van der Waals surface area contributed by atoms with E-state index in [2.05, 4.69) is 20.3 Å². The molecule has 3 aromatic rings. The number of aryl methyl sites for hydroxylation is 1. The zero-order chi connectivity index (χ0) is 18.5. The van der Waals surface area contributed by atoms with E-state index < -0.39 is 0 Å². The van der Waals surface area contributed by atoms with Crippen LogP contribution in [-0.2, 0) is 11.2 Å². The summed E-state index contributed by atoms with van der Waals surface area (Å²) >= 11 is 1.61. The number of aromatic nitrogens is 3. The highest BCUT2D eigenvalue weighted by molar-refractivity contribution is 7.10. The van der Waals surface area contributed by atoms with Crippen LogP contribution in [0.5, 0.6) is 0 Å². The zero-order valence-corrected chi connectivity index (χ0v) is 15.5. The van der Waals surface area contributed by atoms with Crippen molar-refractivity contribution in [2.75, 3.05) is 0 Å². The third-order valence-corrected chi connectivity index (χ3v) is 5.13. The summed E-state index contributed by atoms with van der Waals surface area (Å²) in [6, 6.07) is 7.48. The van der Waals surface area contributed by atoms with Crippen LogP contribution < -0.4 is 10.9 Å². The van der Waals surface area contributed by atoms with E-state index in [1.54, 1.807) is 42.8 Å². The second-order valence-corrected chi connectivity index (χ2v) is 6.91. The van der Waals surface area contributed by atoms with Crippen molar-refractivity contribution < 1.29 is 4.79 Å². The Hall–Kier alpha value is -2.80. The molecule has 0 bridgehead atoms. The molecule has 0 saturated heterocycles. The van der Waals surface area contributed by atoms with Gasteiger partial charge < -0.3 is 10.3 Å². The van der Waals surface area contributed by atoms with Crippen molar-refractivity contribution in [3.63, 3.8) is 0 Å². The average Bonchev–Trinajstić information content (AvgIpc) is 3.18. The summed E-state index contributed by atoms with van der Waals surface area (Å²) < 4.78 is 0. The number of thiophene rings is 1. The number of carbonyl (C=O) groups excluding carboxylic acids is 1. The monoisotopic (exact) mass is 368 g/mol. The molecule has 0 radical (unpaired) electrons. The van der Waals surface area contributed by atoms with Crippen LogP contribution in [0.4, 0.5) is 0 Å².